The zero-order valence-corrected chi connectivity index (χ0v) is 14.4. The summed E-state index contributed by atoms with van der Waals surface area (Å²) in [6, 6.07) is 10.3. The molecule has 0 amide bonds. The van der Waals surface area contributed by atoms with Gasteiger partial charge in [-0.15, -0.1) is 10.2 Å². The first-order chi connectivity index (χ1) is 11.3. The van der Waals surface area contributed by atoms with E-state index in [1.807, 2.05) is 20.8 Å². The van der Waals surface area contributed by atoms with Crippen LogP contribution in [-0.4, -0.2) is 20.0 Å². The summed E-state index contributed by atoms with van der Waals surface area (Å²) >= 11 is 5.87. The Morgan fingerprint density at radius 3 is 2.46 bits per heavy atom. The Balaban J connectivity index is 1.87. The summed E-state index contributed by atoms with van der Waals surface area (Å²) in [6.07, 6.45) is 0. The Labute approximate surface area is 144 Å². The van der Waals surface area contributed by atoms with Crippen molar-refractivity contribution >= 4 is 11.6 Å². The second-order valence-electron chi connectivity index (χ2n) is 6.47. The van der Waals surface area contributed by atoms with Gasteiger partial charge in [-0.3, -0.25) is 4.79 Å². The molecule has 0 saturated heterocycles. The molecule has 0 spiro atoms. The fourth-order valence-electron chi connectivity index (χ4n) is 2.12. The zero-order chi connectivity index (χ0) is 17.3. The minimum atomic E-state index is -0.214. The monoisotopic (exact) mass is 344 g/mol. The van der Waals surface area contributed by atoms with Crippen molar-refractivity contribution in [3.05, 3.63) is 63.4 Å². The third-order valence-electron chi connectivity index (χ3n) is 3.48. The van der Waals surface area contributed by atoms with Crippen molar-refractivity contribution in [2.75, 3.05) is 0 Å². The van der Waals surface area contributed by atoms with Crippen molar-refractivity contribution < 1.29 is 4.42 Å². The van der Waals surface area contributed by atoms with Crippen molar-refractivity contribution in [2.45, 2.75) is 32.7 Å². The molecule has 0 aliphatic carbocycles. The standard InChI is InChI=1S/C17H17ClN4O2/c1-17(2,3)13-8-9-15(23)22(21-13)10-14-19-20-16(24-14)11-4-6-12(18)7-5-11/h4-9H,10H2,1-3H3. The van der Waals surface area contributed by atoms with Crippen molar-refractivity contribution in [2.24, 2.45) is 0 Å². The Morgan fingerprint density at radius 2 is 1.79 bits per heavy atom. The van der Waals surface area contributed by atoms with E-state index in [-0.39, 0.29) is 17.5 Å². The first-order valence-electron chi connectivity index (χ1n) is 7.50. The maximum absolute atomic E-state index is 12.0. The maximum Gasteiger partial charge on any atom is 0.267 e. The summed E-state index contributed by atoms with van der Waals surface area (Å²) in [5, 5.41) is 13.0. The predicted octanol–water partition coefficient (Wildman–Crippen LogP) is 3.29. The third-order valence-corrected chi connectivity index (χ3v) is 3.73. The van der Waals surface area contributed by atoms with E-state index in [0.29, 0.717) is 16.8 Å². The number of benzene rings is 1. The summed E-state index contributed by atoms with van der Waals surface area (Å²) in [5.74, 6) is 0.697. The molecule has 1 aromatic carbocycles. The van der Waals surface area contributed by atoms with Gasteiger partial charge in [0.25, 0.3) is 5.56 Å². The van der Waals surface area contributed by atoms with Gasteiger partial charge in [-0.05, 0) is 30.3 Å². The lowest BCUT2D eigenvalue weighted by molar-refractivity contribution is 0.450. The molecule has 0 aliphatic rings. The Morgan fingerprint density at radius 1 is 1.08 bits per heavy atom. The summed E-state index contributed by atoms with van der Waals surface area (Å²) in [4.78, 5) is 12.0. The molecule has 0 saturated carbocycles. The Kier molecular flexibility index (Phi) is 4.24. The van der Waals surface area contributed by atoms with Crippen LogP contribution in [0.1, 0.15) is 32.4 Å². The number of aromatic nitrogens is 4. The molecule has 0 radical (unpaired) electrons. The molecule has 3 rings (SSSR count). The molecule has 7 heteroatoms. The lowest BCUT2D eigenvalue weighted by Crippen LogP contribution is -2.27. The van der Waals surface area contributed by atoms with E-state index < -0.39 is 0 Å². The molecule has 0 bridgehead atoms. The molecule has 0 unspecified atom stereocenters. The molecule has 2 aromatic heterocycles. The van der Waals surface area contributed by atoms with Gasteiger partial charge in [0.05, 0.1) is 5.69 Å². The van der Waals surface area contributed by atoms with Crippen LogP contribution >= 0.6 is 11.6 Å². The average molecular weight is 345 g/mol. The van der Waals surface area contributed by atoms with Crippen LogP contribution in [0.15, 0.2) is 45.6 Å². The molecule has 124 valence electrons. The van der Waals surface area contributed by atoms with Crippen LogP contribution in [0.4, 0.5) is 0 Å². The van der Waals surface area contributed by atoms with Crippen LogP contribution in [0.25, 0.3) is 11.5 Å². The van der Waals surface area contributed by atoms with Gasteiger partial charge >= 0.3 is 0 Å². The number of halogens is 1. The normalized spacial score (nSPS) is 11.7. The van der Waals surface area contributed by atoms with Crippen LogP contribution in [0.2, 0.25) is 5.02 Å². The first-order valence-corrected chi connectivity index (χ1v) is 7.88. The minimum absolute atomic E-state index is 0.128. The third kappa shape index (κ3) is 3.54. The van der Waals surface area contributed by atoms with Crippen LogP contribution in [0.3, 0.4) is 0 Å². The molecular weight excluding hydrogens is 328 g/mol. The molecule has 24 heavy (non-hydrogen) atoms. The number of hydrogen-bond acceptors (Lipinski definition) is 5. The van der Waals surface area contributed by atoms with E-state index in [4.69, 9.17) is 16.0 Å². The topological polar surface area (TPSA) is 73.8 Å². The van der Waals surface area contributed by atoms with Gasteiger partial charge in [-0.1, -0.05) is 32.4 Å². The van der Waals surface area contributed by atoms with E-state index >= 15 is 0 Å². The largest absolute Gasteiger partial charge is 0.419 e. The van der Waals surface area contributed by atoms with E-state index in [0.717, 1.165) is 11.3 Å². The van der Waals surface area contributed by atoms with Crippen LogP contribution in [0, 0.1) is 0 Å². The SMILES string of the molecule is CC(C)(C)c1ccc(=O)n(Cc2nnc(-c3ccc(Cl)cc3)o2)n1. The molecule has 0 aliphatic heterocycles. The summed E-state index contributed by atoms with van der Waals surface area (Å²) in [7, 11) is 0. The molecular formula is C17H17ClN4O2. The van der Waals surface area contributed by atoms with Crippen molar-refractivity contribution in [1.29, 1.82) is 0 Å². The summed E-state index contributed by atoms with van der Waals surface area (Å²) in [6.45, 7) is 6.24. The van der Waals surface area contributed by atoms with Gasteiger partial charge in [-0.25, -0.2) is 4.68 Å². The second kappa shape index (κ2) is 6.20. The van der Waals surface area contributed by atoms with Gasteiger partial charge in [0.1, 0.15) is 6.54 Å². The molecule has 0 N–H and O–H groups in total. The fourth-order valence-corrected chi connectivity index (χ4v) is 2.24. The smallest absolute Gasteiger partial charge is 0.267 e. The van der Waals surface area contributed by atoms with Crippen LogP contribution in [-0.2, 0) is 12.0 Å². The highest BCUT2D eigenvalue weighted by atomic mass is 35.5. The number of hydrogen-bond donors (Lipinski definition) is 0. The van der Waals surface area contributed by atoms with Gasteiger partial charge in [0, 0.05) is 22.1 Å². The van der Waals surface area contributed by atoms with Gasteiger partial charge in [-0.2, -0.15) is 5.10 Å². The van der Waals surface area contributed by atoms with E-state index in [1.165, 1.54) is 10.7 Å². The molecule has 3 aromatic rings. The van der Waals surface area contributed by atoms with Crippen LogP contribution < -0.4 is 5.56 Å². The zero-order valence-electron chi connectivity index (χ0n) is 13.7. The number of nitrogens with zero attached hydrogens (tertiary/aromatic N) is 4. The second-order valence-corrected chi connectivity index (χ2v) is 6.91. The average Bonchev–Trinajstić information content (AvgIpc) is 2.97. The van der Waals surface area contributed by atoms with Gasteiger partial charge < -0.3 is 4.42 Å². The minimum Gasteiger partial charge on any atom is -0.419 e. The molecule has 0 fully saturated rings. The Hall–Kier alpha value is -2.47. The van der Waals surface area contributed by atoms with Crippen molar-refractivity contribution in [3.63, 3.8) is 0 Å². The van der Waals surface area contributed by atoms with Crippen molar-refractivity contribution in [1.82, 2.24) is 20.0 Å². The lowest BCUT2D eigenvalue weighted by atomic mass is 9.92. The molecule has 0 atom stereocenters. The van der Waals surface area contributed by atoms with E-state index in [1.54, 1.807) is 30.3 Å². The maximum atomic E-state index is 12.0. The van der Waals surface area contributed by atoms with E-state index in [9.17, 15) is 4.79 Å². The van der Waals surface area contributed by atoms with Gasteiger partial charge in [0.15, 0.2) is 0 Å². The first kappa shape index (κ1) is 16.4. The number of rotatable bonds is 3. The highest BCUT2D eigenvalue weighted by molar-refractivity contribution is 6.30. The highest BCUT2D eigenvalue weighted by Crippen LogP contribution is 2.21. The molecule has 2 heterocycles. The quantitative estimate of drug-likeness (QED) is 0.728. The predicted molar refractivity (Wildman–Crippen MR) is 91.0 cm³/mol. The van der Waals surface area contributed by atoms with E-state index in [2.05, 4.69) is 15.3 Å². The fraction of sp³-hybridized carbons (Fsp3) is 0.294. The highest BCUT2D eigenvalue weighted by Gasteiger charge is 2.17. The van der Waals surface area contributed by atoms with Crippen LogP contribution in [0.5, 0.6) is 0 Å². The molecule has 6 nitrogen and oxygen atoms in total. The van der Waals surface area contributed by atoms with Crippen molar-refractivity contribution in [3.8, 4) is 11.5 Å². The van der Waals surface area contributed by atoms with Gasteiger partial charge in [0.2, 0.25) is 11.8 Å². The Bertz CT molecular complexity index is 907. The lowest BCUT2D eigenvalue weighted by Gasteiger charge is -2.17. The summed E-state index contributed by atoms with van der Waals surface area (Å²) < 4.78 is 6.96. The summed E-state index contributed by atoms with van der Waals surface area (Å²) in [5.41, 5.74) is 1.22.